The summed E-state index contributed by atoms with van der Waals surface area (Å²) >= 11 is 6.58. The molecule has 2 rings (SSSR count). The minimum absolute atomic E-state index is 0.0776. The molecule has 156 valence electrons. The number of anilines is 1. The zero-order chi connectivity index (χ0) is 21.8. The van der Waals surface area contributed by atoms with Crippen LogP contribution in [0, 0.1) is 0 Å². The SMILES string of the molecule is CCC(N(CC)c1ccc(N=Nc2ncc(Br)cc2Br)c(C(=O)O)c1)S(=O)(=O)O. The average molecular weight is 550 g/mol. The summed E-state index contributed by atoms with van der Waals surface area (Å²) in [5, 5.41) is 16.3. The first kappa shape index (κ1) is 23.4. The summed E-state index contributed by atoms with van der Waals surface area (Å²) < 4.78 is 34.2. The summed E-state index contributed by atoms with van der Waals surface area (Å²) in [5.41, 5.74) is 0.244. The minimum Gasteiger partial charge on any atom is -0.478 e. The van der Waals surface area contributed by atoms with E-state index in [2.05, 4.69) is 47.1 Å². The molecule has 0 aliphatic rings. The number of halogens is 2. The fourth-order valence-corrected chi connectivity index (χ4v) is 4.77. The van der Waals surface area contributed by atoms with Crippen LogP contribution in [-0.2, 0) is 10.1 Å². The number of nitrogens with zero attached hydrogens (tertiary/aromatic N) is 4. The Bertz CT molecular complexity index is 1050. The molecular formula is C17H18Br2N4O5S. The van der Waals surface area contributed by atoms with Crippen LogP contribution in [0.3, 0.4) is 0 Å². The van der Waals surface area contributed by atoms with Gasteiger partial charge in [0.05, 0.1) is 10.0 Å². The highest BCUT2D eigenvalue weighted by molar-refractivity contribution is 9.11. The van der Waals surface area contributed by atoms with Gasteiger partial charge in [-0.2, -0.15) is 8.42 Å². The van der Waals surface area contributed by atoms with Gasteiger partial charge in [0.2, 0.25) is 0 Å². The molecule has 12 heteroatoms. The highest BCUT2D eigenvalue weighted by Crippen LogP contribution is 2.31. The molecule has 2 N–H and O–H groups in total. The Morgan fingerprint density at radius 3 is 2.45 bits per heavy atom. The lowest BCUT2D eigenvalue weighted by molar-refractivity contribution is 0.0697. The Morgan fingerprint density at radius 2 is 1.93 bits per heavy atom. The van der Waals surface area contributed by atoms with Gasteiger partial charge in [-0.1, -0.05) is 6.92 Å². The molecule has 0 aliphatic heterocycles. The van der Waals surface area contributed by atoms with E-state index in [1.54, 1.807) is 19.9 Å². The van der Waals surface area contributed by atoms with Crippen molar-refractivity contribution >= 4 is 65.1 Å². The highest BCUT2D eigenvalue weighted by Gasteiger charge is 2.28. The molecule has 29 heavy (non-hydrogen) atoms. The number of hydrogen-bond acceptors (Lipinski definition) is 7. The second-order valence-corrected chi connectivity index (χ2v) is 9.17. The van der Waals surface area contributed by atoms with Crippen LogP contribution in [-0.4, -0.2) is 40.9 Å². The molecule has 0 spiro atoms. The van der Waals surface area contributed by atoms with E-state index in [0.717, 1.165) is 4.47 Å². The number of carboxylic acids is 1. The lowest BCUT2D eigenvalue weighted by atomic mass is 10.1. The molecule has 1 aromatic heterocycles. The number of aromatic nitrogens is 1. The van der Waals surface area contributed by atoms with E-state index in [-0.39, 0.29) is 30.0 Å². The summed E-state index contributed by atoms with van der Waals surface area (Å²) in [6, 6.07) is 5.98. The number of benzene rings is 1. The molecule has 1 atom stereocenters. The number of azo groups is 1. The number of aromatic carboxylic acids is 1. The zero-order valence-corrected chi connectivity index (χ0v) is 19.4. The van der Waals surface area contributed by atoms with Crippen molar-refractivity contribution in [3.63, 3.8) is 0 Å². The van der Waals surface area contributed by atoms with E-state index in [1.807, 2.05) is 0 Å². The van der Waals surface area contributed by atoms with E-state index in [1.165, 1.54) is 29.3 Å². The van der Waals surface area contributed by atoms with Crippen LogP contribution in [0.1, 0.15) is 30.6 Å². The third-order valence-electron chi connectivity index (χ3n) is 3.96. The first-order valence-electron chi connectivity index (χ1n) is 8.41. The van der Waals surface area contributed by atoms with E-state index < -0.39 is 21.5 Å². The van der Waals surface area contributed by atoms with Gasteiger partial charge in [-0.15, -0.1) is 10.2 Å². The number of hydrogen-bond donors (Lipinski definition) is 2. The molecule has 1 aromatic carbocycles. The molecule has 0 saturated carbocycles. The van der Waals surface area contributed by atoms with Crippen LogP contribution in [0.5, 0.6) is 0 Å². The summed E-state index contributed by atoms with van der Waals surface area (Å²) in [5.74, 6) is -0.985. The van der Waals surface area contributed by atoms with E-state index in [4.69, 9.17) is 0 Å². The Hall–Kier alpha value is -1.89. The Balaban J connectivity index is 2.47. The van der Waals surface area contributed by atoms with Crippen molar-refractivity contribution in [1.82, 2.24) is 4.98 Å². The molecular weight excluding hydrogens is 532 g/mol. The number of carbonyl (C=O) groups is 1. The van der Waals surface area contributed by atoms with Crippen LogP contribution in [0.25, 0.3) is 0 Å². The van der Waals surface area contributed by atoms with Crippen molar-refractivity contribution in [2.45, 2.75) is 25.6 Å². The quantitative estimate of drug-likeness (QED) is 0.342. The first-order chi connectivity index (χ1) is 13.6. The highest BCUT2D eigenvalue weighted by atomic mass is 79.9. The average Bonchev–Trinajstić information content (AvgIpc) is 2.64. The third kappa shape index (κ3) is 5.81. The molecule has 0 radical (unpaired) electrons. The third-order valence-corrected chi connectivity index (χ3v) is 6.26. The summed E-state index contributed by atoms with van der Waals surface area (Å²) in [6.45, 7) is 3.57. The fraction of sp³-hybridized carbons (Fsp3) is 0.294. The van der Waals surface area contributed by atoms with Gasteiger partial charge < -0.3 is 10.0 Å². The second kappa shape index (κ2) is 9.74. The molecule has 1 unspecified atom stereocenters. The Labute approximate surface area is 184 Å². The lowest BCUT2D eigenvalue weighted by Crippen LogP contribution is -2.40. The largest absolute Gasteiger partial charge is 0.478 e. The van der Waals surface area contributed by atoms with Gasteiger partial charge in [-0.05, 0) is 69.5 Å². The van der Waals surface area contributed by atoms with Gasteiger partial charge >= 0.3 is 5.97 Å². The molecule has 0 fully saturated rings. The van der Waals surface area contributed by atoms with Crippen LogP contribution >= 0.6 is 31.9 Å². The van der Waals surface area contributed by atoms with Crippen LogP contribution < -0.4 is 4.90 Å². The van der Waals surface area contributed by atoms with Crippen LogP contribution in [0.2, 0.25) is 0 Å². The smallest absolute Gasteiger partial charge is 0.338 e. The molecule has 1 heterocycles. The van der Waals surface area contributed by atoms with E-state index >= 15 is 0 Å². The Kier molecular flexibility index (Phi) is 7.86. The zero-order valence-electron chi connectivity index (χ0n) is 15.5. The van der Waals surface area contributed by atoms with Crippen LogP contribution in [0.15, 0.2) is 49.6 Å². The molecule has 0 aliphatic carbocycles. The van der Waals surface area contributed by atoms with Gasteiger partial charge in [0.25, 0.3) is 10.1 Å². The van der Waals surface area contributed by atoms with Gasteiger partial charge in [0, 0.05) is 22.9 Å². The fourth-order valence-electron chi connectivity index (χ4n) is 2.69. The topological polar surface area (TPSA) is 133 Å². The molecule has 0 saturated heterocycles. The van der Waals surface area contributed by atoms with Crippen molar-refractivity contribution in [3.8, 4) is 0 Å². The van der Waals surface area contributed by atoms with Gasteiger partial charge in [0.1, 0.15) is 5.69 Å². The first-order valence-corrected chi connectivity index (χ1v) is 11.5. The number of rotatable bonds is 8. The van der Waals surface area contributed by atoms with Gasteiger partial charge in [-0.25, -0.2) is 9.78 Å². The van der Waals surface area contributed by atoms with E-state index in [9.17, 15) is 22.9 Å². The second-order valence-electron chi connectivity index (χ2n) is 5.83. The Morgan fingerprint density at radius 1 is 1.24 bits per heavy atom. The van der Waals surface area contributed by atoms with Crippen molar-refractivity contribution < 1.29 is 22.9 Å². The monoisotopic (exact) mass is 548 g/mol. The predicted octanol–water partition coefficient (Wildman–Crippen LogP) is 5.17. The standard InChI is InChI=1S/C17H18Br2N4O5S/c1-3-15(29(26,27)28)23(4-2)11-5-6-14(12(8-11)17(24)25)21-22-16-13(19)7-10(18)9-20-16/h5-9,15H,3-4H2,1-2H3,(H,24,25)(H,26,27,28). The summed E-state index contributed by atoms with van der Waals surface area (Å²) in [7, 11) is -4.35. The van der Waals surface area contributed by atoms with Crippen molar-refractivity contribution in [1.29, 1.82) is 0 Å². The van der Waals surface area contributed by atoms with Crippen molar-refractivity contribution in [2.75, 3.05) is 11.4 Å². The lowest BCUT2D eigenvalue weighted by Gasteiger charge is -2.30. The predicted molar refractivity (Wildman–Crippen MR) is 116 cm³/mol. The van der Waals surface area contributed by atoms with Gasteiger partial charge in [0.15, 0.2) is 11.2 Å². The molecule has 0 bridgehead atoms. The summed E-state index contributed by atoms with van der Waals surface area (Å²) in [4.78, 5) is 17.2. The minimum atomic E-state index is -4.35. The van der Waals surface area contributed by atoms with Crippen molar-refractivity contribution in [3.05, 3.63) is 45.0 Å². The molecule has 0 amide bonds. The number of pyridine rings is 1. The number of carboxylic acid groups (broad SMARTS) is 1. The van der Waals surface area contributed by atoms with Crippen LogP contribution in [0.4, 0.5) is 17.2 Å². The normalized spacial score (nSPS) is 12.9. The van der Waals surface area contributed by atoms with Gasteiger partial charge in [-0.3, -0.25) is 4.55 Å². The maximum Gasteiger partial charge on any atom is 0.338 e. The summed E-state index contributed by atoms with van der Waals surface area (Å²) in [6.07, 6.45) is 1.65. The maximum atomic E-state index is 11.7. The molecule has 2 aromatic rings. The molecule has 9 nitrogen and oxygen atoms in total. The van der Waals surface area contributed by atoms with E-state index in [0.29, 0.717) is 10.2 Å². The van der Waals surface area contributed by atoms with Crippen molar-refractivity contribution in [2.24, 2.45) is 10.2 Å². The maximum absolute atomic E-state index is 11.7.